The summed E-state index contributed by atoms with van der Waals surface area (Å²) in [7, 11) is 0. The molecule has 0 aromatic heterocycles. The minimum Gasteiger partial charge on any atom is -0.376 e. The van der Waals surface area contributed by atoms with Gasteiger partial charge >= 0.3 is 0 Å². The number of amides is 2. The molecule has 5 nitrogen and oxygen atoms in total. The van der Waals surface area contributed by atoms with Crippen LogP contribution in [0.2, 0.25) is 0 Å². The molecule has 0 spiro atoms. The zero-order valence-corrected chi connectivity index (χ0v) is 16.9. The van der Waals surface area contributed by atoms with Crippen molar-refractivity contribution in [1.82, 2.24) is 5.32 Å². The summed E-state index contributed by atoms with van der Waals surface area (Å²) in [4.78, 5) is 24.8. The summed E-state index contributed by atoms with van der Waals surface area (Å²) in [6.07, 6.45) is 2.09. The molecule has 1 saturated heterocycles. The largest absolute Gasteiger partial charge is 0.376 e. The molecule has 28 heavy (non-hydrogen) atoms. The Bertz CT molecular complexity index is 802. The monoisotopic (exact) mass is 398 g/mol. The van der Waals surface area contributed by atoms with E-state index in [-0.39, 0.29) is 17.9 Å². The Morgan fingerprint density at radius 2 is 1.93 bits per heavy atom. The minimum absolute atomic E-state index is 0.0869. The number of hydrogen-bond acceptors (Lipinski definition) is 4. The summed E-state index contributed by atoms with van der Waals surface area (Å²) in [6, 6.07) is 15.4. The first-order valence-corrected chi connectivity index (χ1v) is 10.7. The molecule has 1 atom stereocenters. The Labute approximate surface area is 170 Å². The van der Waals surface area contributed by atoms with Gasteiger partial charge in [0.15, 0.2) is 0 Å². The lowest BCUT2D eigenvalue weighted by molar-refractivity contribution is -0.113. The van der Waals surface area contributed by atoms with Gasteiger partial charge in [0.1, 0.15) is 0 Å². The van der Waals surface area contributed by atoms with Gasteiger partial charge in [0.05, 0.1) is 23.1 Å². The first-order valence-electron chi connectivity index (χ1n) is 9.54. The maximum Gasteiger partial charge on any atom is 0.253 e. The van der Waals surface area contributed by atoms with Gasteiger partial charge in [0.2, 0.25) is 5.91 Å². The molecule has 0 unspecified atom stereocenters. The van der Waals surface area contributed by atoms with Crippen LogP contribution in [0.25, 0.3) is 0 Å². The molecule has 1 aliphatic heterocycles. The molecule has 1 heterocycles. The van der Waals surface area contributed by atoms with Crippen LogP contribution in [0, 0.1) is 6.92 Å². The van der Waals surface area contributed by atoms with Crippen molar-refractivity contribution in [3.63, 3.8) is 0 Å². The summed E-state index contributed by atoms with van der Waals surface area (Å²) in [5.74, 6) is 0.798. The fourth-order valence-electron chi connectivity index (χ4n) is 3.03. The zero-order chi connectivity index (χ0) is 19.8. The van der Waals surface area contributed by atoms with Gasteiger partial charge in [-0.25, -0.2) is 0 Å². The van der Waals surface area contributed by atoms with Crippen LogP contribution in [0.4, 0.5) is 5.69 Å². The highest BCUT2D eigenvalue weighted by atomic mass is 32.2. The summed E-state index contributed by atoms with van der Waals surface area (Å²) < 4.78 is 5.53. The number of carbonyl (C=O) groups excluding carboxylic acids is 2. The number of thioether (sulfide) groups is 1. The van der Waals surface area contributed by atoms with E-state index >= 15 is 0 Å². The van der Waals surface area contributed by atoms with Gasteiger partial charge in [0, 0.05) is 18.9 Å². The lowest BCUT2D eigenvalue weighted by Gasteiger charge is -2.13. The SMILES string of the molecule is Cc1ccc(CSCC(=O)Nc2ccccc2C(=O)NC[C@@H]2CCCO2)cc1. The summed E-state index contributed by atoms with van der Waals surface area (Å²) in [5, 5.41) is 5.77. The highest BCUT2D eigenvalue weighted by molar-refractivity contribution is 7.99. The van der Waals surface area contributed by atoms with Crippen LogP contribution < -0.4 is 10.6 Å². The van der Waals surface area contributed by atoms with Crippen molar-refractivity contribution in [2.45, 2.75) is 31.6 Å². The minimum atomic E-state index is -0.196. The Hall–Kier alpha value is -2.31. The van der Waals surface area contributed by atoms with Crippen molar-refractivity contribution in [1.29, 1.82) is 0 Å². The van der Waals surface area contributed by atoms with E-state index in [0.29, 0.717) is 23.5 Å². The molecule has 1 aliphatic rings. The lowest BCUT2D eigenvalue weighted by Crippen LogP contribution is -2.32. The van der Waals surface area contributed by atoms with Gasteiger partial charge in [-0.2, -0.15) is 0 Å². The van der Waals surface area contributed by atoms with Crippen molar-refractivity contribution in [3.05, 3.63) is 65.2 Å². The molecule has 3 rings (SSSR count). The van der Waals surface area contributed by atoms with Crippen LogP contribution in [-0.4, -0.2) is 36.8 Å². The topological polar surface area (TPSA) is 67.4 Å². The van der Waals surface area contributed by atoms with Crippen LogP contribution >= 0.6 is 11.8 Å². The predicted molar refractivity (Wildman–Crippen MR) is 114 cm³/mol. The fourth-order valence-corrected chi connectivity index (χ4v) is 3.82. The summed E-state index contributed by atoms with van der Waals surface area (Å²) in [5.41, 5.74) is 3.42. The van der Waals surface area contributed by atoms with E-state index in [1.54, 1.807) is 30.0 Å². The van der Waals surface area contributed by atoms with Gasteiger partial charge in [-0.15, -0.1) is 11.8 Å². The van der Waals surface area contributed by atoms with E-state index in [4.69, 9.17) is 4.74 Å². The van der Waals surface area contributed by atoms with Crippen LogP contribution in [0.1, 0.15) is 34.3 Å². The quantitative estimate of drug-likeness (QED) is 0.710. The molecule has 0 aliphatic carbocycles. The Morgan fingerprint density at radius 1 is 1.14 bits per heavy atom. The van der Waals surface area contributed by atoms with E-state index in [9.17, 15) is 9.59 Å². The molecule has 6 heteroatoms. The maximum atomic E-state index is 12.5. The standard InChI is InChI=1S/C22H26N2O3S/c1-16-8-10-17(11-9-16)14-28-15-21(25)24-20-7-3-2-6-19(20)22(26)23-13-18-5-4-12-27-18/h2-3,6-11,18H,4-5,12-15H2,1H3,(H,23,26)(H,24,25)/t18-/m0/s1. The summed E-state index contributed by atoms with van der Waals surface area (Å²) in [6.45, 7) is 3.31. The average Bonchev–Trinajstić information content (AvgIpc) is 3.22. The molecule has 0 radical (unpaired) electrons. The first kappa shape index (κ1) is 20.4. The molecule has 2 amide bonds. The Morgan fingerprint density at radius 3 is 2.68 bits per heavy atom. The van der Waals surface area contributed by atoms with Gasteiger partial charge in [0.25, 0.3) is 5.91 Å². The van der Waals surface area contributed by atoms with Crippen LogP contribution in [-0.2, 0) is 15.3 Å². The second kappa shape index (κ2) is 10.3. The normalized spacial score (nSPS) is 16.0. The van der Waals surface area contributed by atoms with Crippen LogP contribution in [0.3, 0.4) is 0 Å². The third kappa shape index (κ3) is 6.11. The highest BCUT2D eigenvalue weighted by Gasteiger charge is 2.18. The van der Waals surface area contributed by atoms with Crippen molar-refractivity contribution in [2.75, 3.05) is 24.2 Å². The van der Waals surface area contributed by atoms with E-state index in [2.05, 4.69) is 41.8 Å². The second-order valence-electron chi connectivity index (χ2n) is 6.92. The number of ether oxygens (including phenoxy) is 1. The van der Waals surface area contributed by atoms with Crippen molar-refractivity contribution in [3.8, 4) is 0 Å². The molecule has 148 valence electrons. The Balaban J connectivity index is 1.49. The van der Waals surface area contributed by atoms with Gasteiger partial charge in [-0.1, -0.05) is 42.0 Å². The molecule has 2 aromatic rings. The smallest absolute Gasteiger partial charge is 0.253 e. The molecular weight excluding hydrogens is 372 g/mol. The molecular formula is C22H26N2O3S. The number of para-hydroxylation sites is 1. The first-order chi connectivity index (χ1) is 13.6. The molecule has 0 saturated carbocycles. The third-order valence-corrected chi connectivity index (χ3v) is 5.59. The maximum absolute atomic E-state index is 12.5. The predicted octanol–water partition coefficient (Wildman–Crippen LogP) is 3.78. The van der Waals surface area contributed by atoms with Crippen LogP contribution in [0.5, 0.6) is 0 Å². The molecule has 1 fully saturated rings. The van der Waals surface area contributed by atoms with Gasteiger partial charge < -0.3 is 15.4 Å². The molecule has 2 N–H and O–H groups in total. The lowest BCUT2D eigenvalue weighted by atomic mass is 10.1. The zero-order valence-electron chi connectivity index (χ0n) is 16.1. The number of rotatable bonds is 8. The van der Waals surface area contributed by atoms with Crippen molar-refractivity contribution in [2.24, 2.45) is 0 Å². The van der Waals surface area contributed by atoms with Gasteiger partial charge in [-0.05, 0) is 37.5 Å². The number of hydrogen-bond donors (Lipinski definition) is 2. The van der Waals surface area contributed by atoms with Crippen molar-refractivity contribution >= 4 is 29.3 Å². The average molecular weight is 399 g/mol. The molecule has 0 bridgehead atoms. The van der Waals surface area contributed by atoms with Crippen LogP contribution in [0.15, 0.2) is 48.5 Å². The number of nitrogens with one attached hydrogen (secondary N) is 2. The number of aryl methyl sites for hydroxylation is 1. The van der Waals surface area contributed by atoms with E-state index in [0.717, 1.165) is 25.2 Å². The fraction of sp³-hybridized carbons (Fsp3) is 0.364. The highest BCUT2D eigenvalue weighted by Crippen LogP contribution is 2.18. The third-order valence-electron chi connectivity index (χ3n) is 4.58. The number of carbonyl (C=O) groups is 2. The summed E-state index contributed by atoms with van der Waals surface area (Å²) >= 11 is 1.55. The van der Waals surface area contributed by atoms with Gasteiger partial charge in [-0.3, -0.25) is 9.59 Å². The Kier molecular flexibility index (Phi) is 7.51. The van der Waals surface area contributed by atoms with E-state index in [1.165, 1.54) is 11.1 Å². The van der Waals surface area contributed by atoms with E-state index in [1.807, 2.05) is 6.07 Å². The molecule has 2 aromatic carbocycles. The van der Waals surface area contributed by atoms with E-state index < -0.39 is 0 Å². The number of benzene rings is 2. The second-order valence-corrected chi connectivity index (χ2v) is 7.90. The number of anilines is 1. The van der Waals surface area contributed by atoms with Crippen molar-refractivity contribution < 1.29 is 14.3 Å².